The highest BCUT2D eigenvalue weighted by molar-refractivity contribution is 6.34. The van der Waals surface area contributed by atoms with Crippen molar-refractivity contribution in [2.24, 2.45) is 5.73 Å². The number of benzene rings is 1. The van der Waals surface area contributed by atoms with Gasteiger partial charge in [0.1, 0.15) is 0 Å². The van der Waals surface area contributed by atoms with Crippen LogP contribution in [0.3, 0.4) is 0 Å². The summed E-state index contributed by atoms with van der Waals surface area (Å²) in [5.41, 5.74) is 5.04. The molecule has 1 heterocycles. The first-order chi connectivity index (χ1) is 7.68. The minimum absolute atomic E-state index is 0.0142. The maximum absolute atomic E-state index is 10.7. The number of anilines is 1. The Labute approximate surface area is 96.6 Å². The van der Waals surface area contributed by atoms with Crippen LogP contribution in [0.2, 0.25) is 5.15 Å². The molecule has 3 N–H and O–H groups in total. The van der Waals surface area contributed by atoms with Crippen molar-refractivity contribution in [3.05, 3.63) is 29.4 Å². The van der Waals surface area contributed by atoms with E-state index in [0.717, 1.165) is 10.8 Å². The van der Waals surface area contributed by atoms with Gasteiger partial charge in [0.25, 0.3) is 0 Å². The van der Waals surface area contributed by atoms with Crippen molar-refractivity contribution in [1.82, 2.24) is 10.2 Å². The van der Waals surface area contributed by atoms with Gasteiger partial charge in [0.15, 0.2) is 11.0 Å². The molecule has 1 aromatic heterocycles. The van der Waals surface area contributed by atoms with E-state index >= 15 is 0 Å². The third-order valence-electron chi connectivity index (χ3n) is 2.07. The lowest BCUT2D eigenvalue weighted by atomic mass is 10.2. The van der Waals surface area contributed by atoms with Gasteiger partial charge < -0.3 is 11.1 Å². The highest BCUT2D eigenvalue weighted by atomic mass is 35.5. The average Bonchev–Trinajstić information content (AvgIpc) is 2.28. The number of carbonyl (C=O) groups is 1. The van der Waals surface area contributed by atoms with Gasteiger partial charge in [-0.05, 0) is 0 Å². The van der Waals surface area contributed by atoms with Crippen LogP contribution in [0.1, 0.15) is 0 Å². The number of rotatable bonds is 3. The summed E-state index contributed by atoms with van der Waals surface area (Å²) in [4.78, 5) is 10.7. The zero-order chi connectivity index (χ0) is 11.5. The number of halogens is 1. The standard InChI is InChI=1S/C10H9ClN4O/c11-9-6-3-1-2-4-7(6)10(15-14-9)13-5-8(12)16/h1-4H,5H2,(H2,12,16)(H,13,15). The summed E-state index contributed by atoms with van der Waals surface area (Å²) in [7, 11) is 0. The number of nitrogens with zero attached hydrogens (tertiary/aromatic N) is 2. The molecule has 1 amide bonds. The van der Waals surface area contributed by atoms with Gasteiger partial charge in [0.2, 0.25) is 5.91 Å². The Hall–Kier alpha value is -1.88. The van der Waals surface area contributed by atoms with Crippen LogP contribution in [0.15, 0.2) is 24.3 Å². The maximum atomic E-state index is 10.7. The molecule has 5 nitrogen and oxygen atoms in total. The Morgan fingerprint density at radius 3 is 2.69 bits per heavy atom. The van der Waals surface area contributed by atoms with Gasteiger partial charge in [-0.15, -0.1) is 10.2 Å². The van der Waals surface area contributed by atoms with E-state index in [-0.39, 0.29) is 6.54 Å². The first-order valence-electron chi connectivity index (χ1n) is 4.61. The summed E-state index contributed by atoms with van der Waals surface area (Å²) in [6.45, 7) is 0.0142. The van der Waals surface area contributed by atoms with Crippen LogP contribution >= 0.6 is 11.6 Å². The number of hydrogen-bond acceptors (Lipinski definition) is 4. The van der Waals surface area contributed by atoms with E-state index in [1.165, 1.54) is 0 Å². The number of fused-ring (bicyclic) bond motifs is 1. The molecule has 0 aliphatic carbocycles. The number of carbonyl (C=O) groups excluding carboxylic acids is 1. The van der Waals surface area contributed by atoms with E-state index < -0.39 is 5.91 Å². The summed E-state index contributed by atoms with van der Waals surface area (Å²) in [5.74, 6) is 0.0413. The molecule has 1 aromatic carbocycles. The summed E-state index contributed by atoms with van der Waals surface area (Å²) in [6, 6.07) is 7.39. The fraction of sp³-hybridized carbons (Fsp3) is 0.100. The second-order valence-electron chi connectivity index (χ2n) is 3.20. The molecule has 0 fully saturated rings. The van der Waals surface area contributed by atoms with Crippen molar-refractivity contribution in [3.8, 4) is 0 Å². The monoisotopic (exact) mass is 236 g/mol. The highest BCUT2D eigenvalue weighted by Gasteiger charge is 2.07. The summed E-state index contributed by atoms with van der Waals surface area (Å²) >= 11 is 5.90. The van der Waals surface area contributed by atoms with Crippen LogP contribution in [0.25, 0.3) is 10.8 Å². The Balaban J connectivity index is 2.46. The number of primary amides is 1. The zero-order valence-corrected chi connectivity index (χ0v) is 9.03. The highest BCUT2D eigenvalue weighted by Crippen LogP contribution is 2.25. The Morgan fingerprint density at radius 2 is 2.00 bits per heavy atom. The van der Waals surface area contributed by atoms with E-state index in [2.05, 4.69) is 15.5 Å². The van der Waals surface area contributed by atoms with Crippen molar-refractivity contribution in [2.45, 2.75) is 0 Å². The van der Waals surface area contributed by atoms with Gasteiger partial charge in [-0.25, -0.2) is 0 Å². The second kappa shape index (κ2) is 4.32. The molecule has 2 aromatic rings. The molecule has 0 saturated heterocycles. The van der Waals surface area contributed by atoms with Gasteiger partial charge in [-0.3, -0.25) is 4.79 Å². The Morgan fingerprint density at radius 1 is 1.31 bits per heavy atom. The molecule has 0 spiro atoms. The van der Waals surface area contributed by atoms with Crippen LogP contribution < -0.4 is 11.1 Å². The molecule has 0 bridgehead atoms. The van der Waals surface area contributed by atoms with Gasteiger partial charge in [0.05, 0.1) is 6.54 Å². The first-order valence-corrected chi connectivity index (χ1v) is 4.99. The molecule has 0 unspecified atom stereocenters. The molecule has 2 rings (SSSR count). The molecule has 0 saturated carbocycles. The molecule has 16 heavy (non-hydrogen) atoms. The molecule has 6 heteroatoms. The molecule has 0 radical (unpaired) electrons. The lowest BCUT2D eigenvalue weighted by Gasteiger charge is -2.06. The van der Waals surface area contributed by atoms with E-state index in [4.69, 9.17) is 17.3 Å². The lowest BCUT2D eigenvalue weighted by Crippen LogP contribution is -2.22. The van der Waals surface area contributed by atoms with Gasteiger partial charge in [-0.2, -0.15) is 0 Å². The van der Waals surface area contributed by atoms with Crippen LogP contribution in [0.4, 0.5) is 5.82 Å². The van der Waals surface area contributed by atoms with E-state index in [1.807, 2.05) is 24.3 Å². The summed E-state index contributed by atoms with van der Waals surface area (Å²) < 4.78 is 0. The minimum Gasteiger partial charge on any atom is -0.368 e. The predicted octanol–water partition coefficient (Wildman–Crippen LogP) is 1.18. The van der Waals surface area contributed by atoms with Crippen molar-refractivity contribution in [3.63, 3.8) is 0 Å². The fourth-order valence-corrected chi connectivity index (χ4v) is 1.58. The number of aromatic nitrogens is 2. The van der Waals surface area contributed by atoms with Gasteiger partial charge >= 0.3 is 0 Å². The molecular weight excluding hydrogens is 228 g/mol. The molecule has 0 aliphatic heterocycles. The fourth-order valence-electron chi connectivity index (χ4n) is 1.37. The largest absolute Gasteiger partial charge is 0.368 e. The Bertz CT molecular complexity index is 543. The van der Waals surface area contributed by atoms with Crippen LogP contribution in [0, 0.1) is 0 Å². The first kappa shape index (κ1) is 10.6. The number of nitrogens with two attached hydrogens (primary N) is 1. The van der Waals surface area contributed by atoms with Crippen molar-refractivity contribution in [2.75, 3.05) is 11.9 Å². The van der Waals surface area contributed by atoms with Gasteiger partial charge in [0, 0.05) is 10.8 Å². The SMILES string of the molecule is NC(=O)CNc1nnc(Cl)c2ccccc12. The van der Waals surface area contributed by atoms with Crippen molar-refractivity contribution >= 4 is 34.1 Å². The number of nitrogens with one attached hydrogen (secondary N) is 1. The van der Waals surface area contributed by atoms with E-state index in [1.54, 1.807) is 0 Å². The van der Waals surface area contributed by atoms with Crippen molar-refractivity contribution < 1.29 is 4.79 Å². The molecule has 82 valence electrons. The third-order valence-corrected chi connectivity index (χ3v) is 2.35. The van der Waals surface area contributed by atoms with E-state index in [9.17, 15) is 4.79 Å². The van der Waals surface area contributed by atoms with Crippen LogP contribution in [-0.2, 0) is 4.79 Å². The number of hydrogen-bond donors (Lipinski definition) is 2. The predicted molar refractivity (Wildman–Crippen MR) is 62.2 cm³/mol. The summed E-state index contributed by atoms with van der Waals surface area (Å²) in [5, 5.41) is 12.4. The van der Waals surface area contributed by atoms with Crippen molar-refractivity contribution in [1.29, 1.82) is 0 Å². The van der Waals surface area contributed by atoms with Crippen LogP contribution in [0.5, 0.6) is 0 Å². The summed E-state index contributed by atoms with van der Waals surface area (Å²) in [6.07, 6.45) is 0. The molecular formula is C10H9ClN4O. The van der Waals surface area contributed by atoms with Crippen LogP contribution in [-0.4, -0.2) is 22.6 Å². The van der Waals surface area contributed by atoms with Gasteiger partial charge in [-0.1, -0.05) is 35.9 Å². The quantitative estimate of drug-likeness (QED) is 0.839. The second-order valence-corrected chi connectivity index (χ2v) is 3.56. The molecule has 0 aliphatic rings. The molecule has 0 atom stereocenters. The average molecular weight is 237 g/mol. The van der Waals surface area contributed by atoms with E-state index in [0.29, 0.717) is 11.0 Å². The normalized spacial score (nSPS) is 10.3. The lowest BCUT2D eigenvalue weighted by molar-refractivity contribution is -0.116. The minimum atomic E-state index is -0.458. The zero-order valence-electron chi connectivity index (χ0n) is 8.27. The topological polar surface area (TPSA) is 80.9 Å². The smallest absolute Gasteiger partial charge is 0.236 e. The number of amides is 1. The Kier molecular flexibility index (Phi) is 2.87. The maximum Gasteiger partial charge on any atom is 0.236 e. The third kappa shape index (κ3) is 2.04.